The van der Waals surface area contributed by atoms with Crippen LogP contribution in [-0.2, 0) is 25.7 Å². The van der Waals surface area contributed by atoms with Crippen molar-refractivity contribution in [2.24, 2.45) is 0 Å². The van der Waals surface area contributed by atoms with Crippen LogP contribution in [0.15, 0.2) is 196 Å². The third kappa shape index (κ3) is 31.8. The highest BCUT2D eigenvalue weighted by Crippen LogP contribution is 2.44. The van der Waals surface area contributed by atoms with E-state index in [1.807, 2.05) is 170 Å². The molecule has 0 aliphatic heterocycles. The number of unbranched alkanes of at least 4 members (excludes halogenated alkanes) is 16. The molecule has 0 radical (unpaired) electrons. The van der Waals surface area contributed by atoms with Crippen LogP contribution in [0.4, 0.5) is 64.7 Å². The van der Waals surface area contributed by atoms with Gasteiger partial charge in [0.05, 0.1) is 52.9 Å². The molecule has 0 aromatic heterocycles. The van der Waals surface area contributed by atoms with Crippen molar-refractivity contribution < 1.29 is 57.1 Å². The summed E-state index contributed by atoms with van der Waals surface area (Å²) in [5, 5.41) is 25.3. The van der Waals surface area contributed by atoms with Crippen LogP contribution in [0.1, 0.15) is 226 Å². The molecular formula is C100H128N8O12. The monoisotopic (exact) mass is 1630 g/mol. The van der Waals surface area contributed by atoms with Gasteiger partial charge in [-0.25, -0.2) is 19.2 Å². The Hall–Kier alpha value is -11.8. The first-order valence-electron chi connectivity index (χ1n) is 43.6. The van der Waals surface area contributed by atoms with E-state index < -0.39 is 24.1 Å². The number of urea groups is 4. The Labute approximate surface area is 712 Å². The van der Waals surface area contributed by atoms with E-state index in [1.165, 1.54) is 0 Å². The zero-order chi connectivity index (χ0) is 84.7. The van der Waals surface area contributed by atoms with Crippen LogP contribution in [0.25, 0.3) is 0 Å². The largest absolute Gasteiger partial charge is 0.494 e. The standard InChI is InChI=1S/C100H128N8O12/c1-9-17-25-33-49-113-89-45-37-41-81(69-89)101-97(109)105-85-61-73-57-75-63-86(106-98(110)102-82-42-38-46-90(70-82)114-50-34-26-18-10-2)65-77(94(75)118-54-30-22-14-6)59-79-67-88(108-100(112)104-84-44-40-48-92(72-84)116-52-36-28-20-12-4)68-80(96(79)120-56-32-24-16-8)60-78-66-87(107-99(111)103-83-43-39-47-91(71-83)115-51-35-27-19-11-3)64-76(95(78)119-55-31-23-15-7)58-74(62-85)93(73)117-53-29-21-13-5/h9-12,37-48,61-72H,1-4,13-36,49-60H2,5-8H3,(H2,101,105,109)(H2,102,106,110)(H2,103,107,111)(H2,104,108,112). The highest BCUT2D eigenvalue weighted by Gasteiger charge is 2.27. The number of anilines is 8. The van der Waals surface area contributed by atoms with Crippen LogP contribution in [0, 0.1) is 0 Å². The van der Waals surface area contributed by atoms with Crippen LogP contribution in [0.5, 0.6) is 46.0 Å². The van der Waals surface area contributed by atoms with Crippen LogP contribution >= 0.6 is 0 Å². The van der Waals surface area contributed by atoms with Crippen LogP contribution in [0.3, 0.4) is 0 Å². The fourth-order valence-corrected chi connectivity index (χ4v) is 14.2. The molecule has 0 saturated heterocycles. The first-order chi connectivity index (χ1) is 58.8. The van der Waals surface area contributed by atoms with E-state index in [9.17, 15) is 19.2 Å². The number of carbonyl (C=O) groups excluding carboxylic acids is 4. The van der Waals surface area contributed by atoms with Crippen LogP contribution in [-0.4, -0.2) is 77.0 Å². The maximum absolute atomic E-state index is 14.8. The summed E-state index contributed by atoms with van der Waals surface area (Å²) in [5.41, 5.74) is 9.55. The fraction of sp³-hybridized carbons (Fsp3) is 0.400. The van der Waals surface area contributed by atoms with Crippen molar-refractivity contribution in [2.45, 2.75) is 207 Å². The molecule has 1 aliphatic rings. The molecule has 8 aromatic rings. The molecule has 0 saturated carbocycles. The molecule has 8 aromatic carbocycles. The molecular weight excluding hydrogens is 1510 g/mol. The van der Waals surface area contributed by atoms with Crippen molar-refractivity contribution in [2.75, 3.05) is 95.4 Å². The molecule has 9 rings (SSSR count). The summed E-state index contributed by atoms with van der Waals surface area (Å²) < 4.78 is 53.6. The van der Waals surface area contributed by atoms with Gasteiger partial charge >= 0.3 is 24.1 Å². The van der Waals surface area contributed by atoms with Crippen molar-refractivity contribution in [3.8, 4) is 46.0 Å². The summed E-state index contributed by atoms with van der Waals surface area (Å²) in [4.78, 5) is 59.4. The van der Waals surface area contributed by atoms with Crippen molar-refractivity contribution >= 4 is 69.6 Å². The van der Waals surface area contributed by atoms with Gasteiger partial charge in [0.15, 0.2) is 0 Å². The summed E-state index contributed by atoms with van der Waals surface area (Å²) in [6, 6.07) is 43.0. The minimum atomic E-state index is -0.501. The van der Waals surface area contributed by atoms with Gasteiger partial charge in [-0.2, -0.15) is 0 Å². The second-order valence-corrected chi connectivity index (χ2v) is 30.4. The van der Waals surface area contributed by atoms with Gasteiger partial charge in [0.2, 0.25) is 0 Å². The summed E-state index contributed by atoms with van der Waals surface area (Å²) in [6.45, 7) is 27.6. The number of hydrogen-bond donors (Lipinski definition) is 8. The lowest BCUT2D eigenvalue weighted by molar-refractivity contribution is 0.261. The second-order valence-electron chi connectivity index (χ2n) is 30.4. The number of benzene rings is 8. The van der Waals surface area contributed by atoms with Gasteiger partial charge in [0.25, 0.3) is 0 Å². The van der Waals surface area contributed by atoms with Gasteiger partial charge < -0.3 is 80.4 Å². The van der Waals surface area contributed by atoms with E-state index in [1.54, 1.807) is 0 Å². The minimum absolute atomic E-state index is 0.156. The molecule has 0 atom stereocenters. The normalized spacial score (nSPS) is 11.4. The Kier molecular flexibility index (Phi) is 40.1. The molecule has 0 spiro atoms. The lowest BCUT2D eigenvalue weighted by Gasteiger charge is -2.25. The molecule has 0 fully saturated rings. The zero-order valence-corrected chi connectivity index (χ0v) is 71.3. The molecule has 20 nitrogen and oxygen atoms in total. The summed E-state index contributed by atoms with van der Waals surface area (Å²) in [5.74, 6) is 4.81. The highest BCUT2D eigenvalue weighted by molar-refractivity contribution is 6.03. The van der Waals surface area contributed by atoms with Crippen molar-refractivity contribution in [3.63, 3.8) is 0 Å². The average Bonchev–Trinajstić information content (AvgIpc) is 0.769. The Morgan fingerprint density at radius 3 is 0.625 bits per heavy atom. The highest BCUT2D eigenvalue weighted by atomic mass is 16.5. The molecule has 1 aliphatic carbocycles. The van der Waals surface area contributed by atoms with Gasteiger partial charge in [-0.3, -0.25) is 0 Å². The van der Waals surface area contributed by atoms with E-state index in [-0.39, 0.29) is 25.7 Å². The lowest BCUT2D eigenvalue weighted by Crippen LogP contribution is -2.21. The molecule has 640 valence electrons. The Bertz CT molecular complexity index is 3930. The quantitative estimate of drug-likeness (QED) is 0.0131. The molecule has 0 unspecified atom stereocenters. The first-order valence-corrected chi connectivity index (χ1v) is 43.6. The van der Waals surface area contributed by atoms with Gasteiger partial charge in [-0.1, -0.05) is 128 Å². The van der Waals surface area contributed by atoms with E-state index in [0.717, 1.165) is 154 Å². The maximum Gasteiger partial charge on any atom is 0.323 e. The van der Waals surface area contributed by atoms with E-state index in [0.29, 0.717) is 189 Å². The Morgan fingerprint density at radius 1 is 0.250 bits per heavy atom. The zero-order valence-electron chi connectivity index (χ0n) is 71.3. The van der Waals surface area contributed by atoms with Gasteiger partial charge in [-0.15, -0.1) is 26.3 Å². The minimum Gasteiger partial charge on any atom is -0.494 e. The molecule has 8 N–H and O–H groups in total. The van der Waals surface area contributed by atoms with Gasteiger partial charge in [0, 0.05) is 140 Å². The Balaban J connectivity index is 1.28. The smallest absolute Gasteiger partial charge is 0.323 e. The number of allylic oxidation sites excluding steroid dienone is 4. The van der Waals surface area contributed by atoms with Gasteiger partial charge in [-0.05, 0) is 200 Å². The predicted octanol–water partition coefficient (Wildman–Crippen LogP) is 26.2. The van der Waals surface area contributed by atoms with E-state index >= 15 is 0 Å². The van der Waals surface area contributed by atoms with Gasteiger partial charge in [0.1, 0.15) is 46.0 Å². The number of fused-ring (bicyclic) bond motifs is 8. The summed E-state index contributed by atoms with van der Waals surface area (Å²) in [6.07, 6.45) is 29.4. The van der Waals surface area contributed by atoms with E-state index in [2.05, 4.69) is 96.5 Å². The van der Waals surface area contributed by atoms with E-state index in [4.69, 9.17) is 37.9 Å². The topological polar surface area (TPSA) is 238 Å². The molecule has 8 bridgehead atoms. The Morgan fingerprint density at radius 2 is 0.433 bits per heavy atom. The fourth-order valence-electron chi connectivity index (χ4n) is 14.2. The predicted molar refractivity (Wildman–Crippen MR) is 492 cm³/mol. The van der Waals surface area contributed by atoms with Crippen LogP contribution < -0.4 is 80.4 Å². The third-order valence-corrected chi connectivity index (χ3v) is 20.2. The number of carbonyl (C=O) groups is 4. The second kappa shape index (κ2) is 52.2. The number of hydrogen-bond acceptors (Lipinski definition) is 12. The third-order valence-electron chi connectivity index (χ3n) is 20.2. The first kappa shape index (κ1) is 92.1. The molecule has 8 amide bonds. The molecule has 0 heterocycles. The van der Waals surface area contributed by atoms with Crippen molar-refractivity contribution in [1.29, 1.82) is 0 Å². The number of amides is 8. The van der Waals surface area contributed by atoms with Crippen molar-refractivity contribution in [1.82, 2.24) is 0 Å². The number of rotatable bonds is 52. The van der Waals surface area contributed by atoms with Crippen molar-refractivity contribution in [3.05, 3.63) is 241 Å². The van der Waals surface area contributed by atoms with Crippen LogP contribution in [0.2, 0.25) is 0 Å². The molecule has 20 heteroatoms. The number of ether oxygens (including phenoxy) is 8. The molecule has 120 heavy (non-hydrogen) atoms. The summed E-state index contributed by atoms with van der Waals surface area (Å²) in [7, 11) is 0. The maximum atomic E-state index is 14.8. The summed E-state index contributed by atoms with van der Waals surface area (Å²) >= 11 is 0. The lowest BCUT2D eigenvalue weighted by atomic mass is 9.90. The average molecular weight is 1630 g/mol. The SMILES string of the molecule is C=CCCCCOc1cccc(NC(=O)Nc2cc3c(OCCCCC)c(c2)Cc2cc(NC(=O)Nc4cccc(OCCCCC=C)c4)cc(c2OCCCCC)Cc2cc(NC(=O)Nc4cccc(OCCCCC=C)c4)cc(c2OCCCCC)Cc2cc(NC(=O)Nc4cccc(OCCCCC=C)c4)cc(c2OCCCCC)C3)c1. The number of nitrogens with one attached hydrogen (secondary N) is 8.